The van der Waals surface area contributed by atoms with Crippen molar-refractivity contribution in [2.75, 3.05) is 6.61 Å². The van der Waals surface area contributed by atoms with Gasteiger partial charge in [-0.2, -0.15) is 0 Å². The molecule has 0 aromatic carbocycles. The van der Waals surface area contributed by atoms with Crippen molar-refractivity contribution in [3.05, 3.63) is 35.7 Å². The van der Waals surface area contributed by atoms with E-state index in [1.807, 2.05) is 24.6 Å². The molecule has 0 saturated carbocycles. The summed E-state index contributed by atoms with van der Waals surface area (Å²) in [6.07, 6.45) is 4.20. The van der Waals surface area contributed by atoms with Gasteiger partial charge in [0.05, 0.1) is 6.04 Å². The molecule has 1 amide bonds. The minimum Gasteiger partial charge on any atom is -0.368 e. The van der Waals surface area contributed by atoms with E-state index >= 15 is 0 Å². The van der Waals surface area contributed by atoms with Gasteiger partial charge >= 0.3 is 0 Å². The Balaban J connectivity index is 1.72. The minimum atomic E-state index is -0.240. The number of imidazole rings is 1. The van der Waals surface area contributed by atoms with Gasteiger partial charge in [0.25, 0.3) is 5.91 Å². The fraction of sp³-hybridized carbons (Fsp3) is 0.562. The van der Waals surface area contributed by atoms with Gasteiger partial charge in [0.15, 0.2) is 5.69 Å². The molecular weight excluding hydrogens is 296 g/mol. The van der Waals surface area contributed by atoms with Gasteiger partial charge in [-0.25, -0.2) is 4.98 Å². The lowest BCUT2D eigenvalue weighted by Crippen LogP contribution is -2.37. The third kappa shape index (κ3) is 3.14. The van der Waals surface area contributed by atoms with Gasteiger partial charge in [-0.1, -0.05) is 19.0 Å². The molecule has 7 nitrogen and oxygen atoms in total. The molecule has 3 heterocycles. The van der Waals surface area contributed by atoms with Gasteiger partial charge in [0, 0.05) is 37.5 Å². The molecular formula is C16H22N4O3. The lowest BCUT2D eigenvalue weighted by molar-refractivity contribution is 0.0770. The van der Waals surface area contributed by atoms with Crippen LogP contribution in [0.25, 0.3) is 0 Å². The summed E-state index contributed by atoms with van der Waals surface area (Å²) in [5.41, 5.74) is 0.304. The van der Waals surface area contributed by atoms with Gasteiger partial charge in [0.1, 0.15) is 17.7 Å². The van der Waals surface area contributed by atoms with Crippen molar-refractivity contribution in [2.45, 2.75) is 51.8 Å². The molecule has 23 heavy (non-hydrogen) atoms. The number of carbonyl (C=O) groups is 1. The lowest BCUT2D eigenvalue weighted by atomic mass is 10.1. The first kappa shape index (κ1) is 15.7. The van der Waals surface area contributed by atoms with Gasteiger partial charge in [-0.15, -0.1) is 0 Å². The Labute approximate surface area is 135 Å². The molecule has 0 unspecified atom stereocenters. The average molecular weight is 318 g/mol. The predicted octanol–water partition coefficient (Wildman–Crippen LogP) is 2.27. The molecule has 124 valence electrons. The molecule has 1 aliphatic rings. The van der Waals surface area contributed by atoms with Crippen LogP contribution in [0.3, 0.4) is 0 Å². The third-order valence-electron chi connectivity index (χ3n) is 4.08. The summed E-state index contributed by atoms with van der Waals surface area (Å²) >= 11 is 0. The van der Waals surface area contributed by atoms with Crippen molar-refractivity contribution in [1.82, 2.24) is 20.0 Å². The summed E-state index contributed by atoms with van der Waals surface area (Å²) in [6, 6.07) is 1.58. The van der Waals surface area contributed by atoms with E-state index in [1.54, 1.807) is 12.3 Å². The van der Waals surface area contributed by atoms with Crippen molar-refractivity contribution in [3.63, 3.8) is 0 Å². The van der Waals surface area contributed by atoms with Crippen LogP contribution >= 0.6 is 0 Å². The number of hydrogen-bond acceptors (Lipinski definition) is 5. The molecule has 0 radical (unpaired) electrons. The number of nitrogens with zero attached hydrogens (tertiary/aromatic N) is 3. The van der Waals surface area contributed by atoms with Gasteiger partial charge < -0.3 is 19.1 Å². The Hall–Kier alpha value is -2.15. The molecule has 3 rings (SSSR count). The Kier molecular flexibility index (Phi) is 4.47. The largest absolute Gasteiger partial charge is 0.368 e. The lowest BCUT2D eigenvalue weighted by Gasteiger charge is -2.19. The maximum atomic E-state index is 12.4. The summed E-state index contributed by atoms with van der Waals surface area (Å²) in [6.45, 7) is 7.46. The minimum absolute atomic E-state index is 0.116. The normalized spacial score (nSPS) is 21.0. The van der Waals surface area contributed by atoms with E-state index in [1.165, 1.54) is 0 Å². The first-order chi connectivity index (χ1) is 11.1. The highest BCUT2D eigenvalue weighted by Crippen LogP contribution is 2.28. The monoisotopic (exact) mass is 318 g/mol. The molecule has 7 heteroatoms. The maximum absolute atomic E-state index is 12.4. The van der Waals surface area contributed by atoms with E-state index < -0.39 is 0 Å². The number of rotatable bonds is 5. The first-order valence-corrected chi connectivity index (χ1v) is 8.00. The van der Waals surface area contributed by atoms with Crippen LogP contribution in [0.5, 0.6) is 0 Å². The summed E-state index contributed by atoms with van der Waals surface area (Å²) in [5.74, 6) is 1.51. The molecule has 1 aliphatic heterocycles. The van der Waals surface area contributed by atoms with Crippen LogP contribution in [0, 0.1) is 0 Å². The maximum Gasteiger partial charge on any atom is 0.273 e. The van der Waals surface area contributed by atoms with E-state index in [-0.39, 0.29) is 24.0 Å². The highest BCUT2D eigenvalue weighted by atomic mass is 16.5. The summed E-state index contributed by atoms with van der Waals surface area (Å²) in [7, 11) is 0. The third-order valence-corrected chi connectivity index (χ3v) is 4.08. The molecule has 0 bridgehead atoms. The van der Waals surface area contributed by atoms with Crippen molar-refractivity contribution in [2.24, 2.45) is 0 Å². The molecule has 2 atom stereocenters. The topological polar surface area (TPSA) is 82.2 Å². The van der Waals surface area contributed by atoms with E-state index in [0.29, 0.717) is 18.1 Å². The van der Waals surface area contributed by atoms with Gasteiger partial charge in [0.2, 0.25) is 0 Å². The van der Waals surface area contributed by atoms with Crippen LogP contribution < -0.4 is 5.32 Å². The summed E-state index contributed by atoms with van der Waals surface area (Å²) in [5, 5.41) is 6.85. The standard InChI is InChI=1S/C16H22N4O3/c1-4-20-7-6-17-15(20)14-11(5-8-22-14)18-16(21)12-9-13(10(2)3)23-19-12/h6-7,9-11,14H,4-5,8H2,1-3H3,(H,18,21)/t11-,14-/m0/s1. The molecule has 1 saturated heterocycles. The molecule has 0 spiro atoms. The van der Waals surface area contributed by atoms with Gasteiger partial charge in [-0.3, -0.25) is 4.79 Å². The summed E-state index contributed by atoms with van der Waals surface area (Å²) < 4.78 is 13.0. The Morgan fingerprint density at radius 1 is 1.52 bits per heavy atom. The number of carbonyl (C=O) groups excluding carboxylic acids is 1. The van der Waals surface area contributed by atoms with E-state index in [0.717, 1.165) is 18.8 Å². The van der Waals surface area contributed by atoms with Crippen LogP contribution in [0.4, 0.5) is 0 Å². The highest BCUT2D eigenvalue weighted by Gasteiger charge is 2.34. The molecule has 1 N–H and O–H groups in total. The van der Waals surface area contributed by atoms with E-state index in [4.69, 9.17) is 9.26 Å². The van der Waals surface area contributed by atoms with Crippen molar-refractivity contribution in [1.29, 1.82) is 0 Å². The quantitative estimate of drug-likeness (QED) is 0.914. The van der Waals surface area contributed by atoms with E-state index in [2.05, 4.69) is 22.4 Å². The molecule has 2 aromatic heterocycles. The van der Waals surface area contributed by atoms with Crippen LogP contribution in [0.2, 0.25) is 0 Å². The second kappa shape index (κ2) is 6.54. The van der Waals surface area contributed by atoms with Gasteiger partial charge in [-0.05, 0) is 13.3 Å². The molecule has 1 fully saturated rings. The Morgan fingerprint density at radius 3 is 3.04 bits per heavy atom. The Morgan fingerprint density at radius 2 is 2.35 bits per heavy atom. The van der Waals surface area contributed by atoms with Crippen molar-refractivity contribution >= 4 is 5.91 Å². The number of ether oxygens (including phenoxy) is 1. The fourth-order valence-electron chi connectivity index (χ4n) is 2.75. The number of hydrogen-bond donors (Lipinski definition) is 1. The average Bonchev–Trinajstić information content (AvgIpc) is 3.26. The van der Waals surface area contributed by atoms with Crippen molar-refractivity contribution < 1.29 is 14.1 Å². The van der Waals surface area contributed by atoms with Crippen LogP contribution in [-0.4, -0.2) is 33.3 Å². The smallest absolute Gasteiger partial charge is 0.273 e. The zero-order valence-corrected chi connectivity index (χ0v) is 13.7. The zero-order valence-electron chi connectivity index (χ0n) is 13.7. The van der Waals surface area contributed by atoms with Crippen LogP contribution in [0.1, 0.15) is 61.3 Å². The SMILES string of the molecule is CCn1ccnc1[C@H]1OCC[C@@H]1NC(=O)c1cc(C(C)C)on1. The van der Waals surface area contributed by atoms with Crippen molar-refractivity contribution in [3.8, 4) is 0 Å². The second-order valence-electron chi connectivity index (χ2n) is 6.00. The number of aromatic nitrogens is 3. The second-order valence-corrected chi connectivity index (χ2v) is 6.00. The highest BCUT2D eigenvalue weighted by molar-refractivity contribution is 5.92. The van der Waals surface area contributed by atoms with Crippen LogP contribution in [0.15, 0.2) is 23.0 Å². The number of aryl methyl sites for hydroxylation is 1. The predicted molar refractivity (Wildman–Crippen MR) is 83.1 cm³/mol. The van der Waals surface area contributed by atoms with Crippen LogP contribution in [-0.2, 0) is 11.3 Å². The molecule has 2 aromatic rings. The Bertz CT molecular complexity index is 676. The van der Waals surface area contributed by atoms with E-state index in [9.17, 15) is 4.79 Å². The first-order valence-electron chi connectivity index (χ1n) is 8.00. The number of amides is 1. The zero-order chi connectivity index (χ0) is 16.4. The molecule has 0 aliphatic carbocycles. The summed E-state index contributed by atoms with van der Waals surface area (Å²) in [4.78, 5) is 16.8. The number of nitrogens with one attached hydrogen (secondary N) is 1. The fourth-order valence-corrected chi connectivity index (χ4v) is 2.75.